The summed E-state index contributed by atoms with van der Waals surface area (Å²) in [6, 6.07) is 12.6. The third kappa shape index (κ3) is 7.41. The summed E-state index contributed by atoms with van der Waals surface area (Å²) in [6.45, 7) is 12.1. The molecule has 7 heteroatoms. The predicted molar refractivity (Wildman–Crippen MR) is 132 cm³/mol. The topological polar surface area (TPSA) is 92.5 Å². The van der Waals surface area contributed by atoms with E-state index in [4.69, 9.17) is 9.47 Å². The molecule has 0 spiro atoms. The third-order valence-corrected chi connectivity index (χ3v) is 4.89. The van der Waals surface area contributed by atoms with E-state index in [1.165, 1.54) is 0 Å². The molecule has 2 aromatic carbocycles. The Labute approximate surface area is 195 Å². The Bertz CT molecular complexity index is 1050. The molecule has 3 N–H and O–H groups in total. The minimum Gasteiger partial charge on any atom is -0.444 e. The Morgan fingerprint density at radius 2 is 1.12 bits per heavy atom. The zero-order valence-electron chi connectivity index (χ0n) is 20.4. The van der Waals surface area contributed by atoms with E-state index in [0.717, 1.165) is 32.9 Å². The lowest BCUT2D eigenvalue weighted by Crippen LogP contribution is -2.33. The molecule has 178 valence electrons. The number of aromatic amines is 1. The van der Waals surface area contributed by atoms with Gasteiger partial charge in [0.15, 0.2) is 0 Å². The van der Waals surface area contributed by atoms with Crippen molar-refractivity contribution in [2.24, 2.45) is 0 Å². The van der Waals surface area contributed by atoms with Crippen molar-refractivity contribution < 1.29 is 19.1 Å². The number of alkyl carbamates (subject to hydrolysis) is 2. The molecule has 3 aromatic rings. The van der Waals surface area contributed by atoms with E-state index in [2.05, 4.69) is 52.0 Å². The maximum Gasteiger partial charge on any atom is 0.407 e. The Morgan fingerprint density at radius 3 is 1.48 bits per heavy atom. The highest BCUT2D eigenvalue weighted by atomic mass is 16.6. The van der Waals surface area contributed by atoms with Crippen LogP contribution in [0.1, 0.15) is 52.7 Å². The maximum absolute atomic E-state index is 11.9. The number of ether oxygens (including phenoxy) is 2. The lowest BCUT2D eigenvalue weighted by Gasteiger charge is -2.19. The molecule has 7 nitrogen and oxygen atoms in total. The summed E-state index contributed by atoms with van der Waals surface area (Å²) in [5.74, 6) is 0. The normalized spacial score (nSPS) is 12.1. The number of aromatic nitrogens is 1. The second-order valence-electron chi connectivity index (χ2n) is 10.2. The number of carbonyl (C=O) groups excluding carboxylic acids is 2. The van der Waals surface area contributed by atoms with Gasteiger partial charge in [0.05, 0.1) is 0 Å². The van der Waals surface area contributed by atoms with Gasteiger partial charge in [0.25, 0.3) is 0 Å². The summed E-state index contributed by atoms with van der Waals surface area (Å²) in [5, 5.41) is 7.90. The van der Waals surface area contributed by atoms with Crippen LogP contribution in [-0.4, -0.2) is 41.5 Å². The fourth-order valence-corrected chi connectivity index (χ4v) is 3.55. The molecule has 0 aliphatic rings. The van der Waals surface area contributed by atoms with Gasteiger partial charge in [0.2, 0.25) is 0 Å². The second-order valence-corrected chi connectivity index (χ2v) is 10.2. The number of rotatable bonds is 6. The van der Waals surface area contributed by atoms with Crippen LogP contribution >= 0.6 is 0 Å². The number of nitrogens with one attached hydrogen (secondary N) is 3. The van der Waals surface area contributed by atoms with Gasteiger partial charge in [-0.25, -0.2) is 9.59 Å². The van der Waals surface area contributed by atoms with E-state index in [-0.39, 0.29) is 0 Å². The first kappa shape index (κ1) is 24.4. The Hall–Kier alpha value is -3.22. The van der Waals surface area contributed by atoms with E-state index in [9.17, 15) is 9.59 Å². The summed E-state index contributed by atoms with van der Waals surface area (Å²) in [7, 11) is 0. The molecule has 1 heterocycles. The minimum absolute atomic E-state index is 0.402. The van der Waals surface area contributed by atoms with Crippen molar-refractivity contribution in [3.63, 3.8) is 0 Å². The summed E-state index contributed by atoms with van der Waals surface area (Å²) in [4.78, 5) is 27.2. The van der Waals surface area contributed by atoms with Gasteiger partial charge in [-0.15, -0.1) is 0 Å². The minimum atomic E-state index is -0.507. The molecule has 0 bridgehead atoms. The van der Waals surface area contributed by atoms with E-state index in [0.29, 0.717) is 25.9 Å². The van der Waals surface area contributed by atoms with Crippen molar-refractivity contribution in [1.29, 1.82) is 0 Å². The highest BCUT2D eigenvalue weighted by Crippen LogP contribution is 2.27. The Kier molecular flexibility index (Phi) is 7.20. The average Bonchev–Trinajstić information content (AvgIpc) is 3.02. The van der Waals surface area contributed by atoms with Crippen molar-refractivity contribution in [1.82, 2.24) is 15.6 Å². The van der Waals surface area contributed by atoms with E-state index in [1.807, 2.05) is 41.5 Å². The summed E-state index contributed by atoms with van der Waals surface area (Å²) < 4.78 is 10.6. The van der Waals surface area contributed by atoms with Gasteiger partial charge in [-0.05, 0) is 89.8 Å². The van der Waals surface area contributed by atoms with E-state index < -0.39 is 23.4 Å². The Morgan fingerprint density at radius 1 is 0.727 bits per heavy atom. The molecule has 0 aliphatic carbocycles. The molecular weight excluding hydrogens is 418 g/mol. The van der Waals surface area contributed by atoms with Crippen LogP contribution in [-0.2, 0) is 22.3 Å². The molecule has 0 radical (unpaired) electrons. The average molecular weight is 454 g/mol. The lowest BCUT2D eigenvalue weighted by atomic mass is 10.0. The smallest absolute Gasteiger partial charge is 0.407 e. The molecule has 33 heavy (non-hydrogen) atoms. The Balaban J connectivity index is 1.64. The summed E-state index contributed by atoms with van der Waals surface area (Å²) in [5.41, 5.74) is 3.39. The SMILES string of the molecule is CC(C)(C)OC(=O)NCCc1ccc2[nH]c3ccc(CCNC(=O)OC(C)(C)C)cc3c2c1. The number of fused-ring (bicyclic) bond motifs is 3. The van der Waals surface area contributed by atoms with Crippen LogP contribution in [0.2, 0.25) is 0 Å². The van der Waals surface area contributed by atoms with Gasteiger partial charge in [0, 0.05) is 34.9 Å². The summed E-state index contributed by atoms with van der Waals surface area (Å²) in [6.07, 6.45) is 0.614. The van der Waals surface area contributed by atoms with Crippen LogP contribution in [0.5, 0.6) is 0 Å². The molecule has 0 unspecified atom stereocenters. The van der Waals surface area contributed by atoms with E-state index >= 15 is 0 Å². The standard InChI is InChI=1S/C26H35N3O4/c1-25(2,3)32-23(30)27-13-11-17-7-9-21-19(15-17)20-16-18(8-10-22(20)29-21)12-14-28-24(31)33-26(4,5)6/h7-10,15-16,29H,11-14H2,1-6H3,(H,27,30)(H,28,31). The number of hydrogen-bond donors (Lipinski definition) is 3. The monoisotopic (exact) mass is 453 g/mol. The van der Waals surface area contributed by atoms with Crippen LogP contribution in [0.15, 0.2) is 36.4 Å². The number of carbonyl (C=O) groups is 2. The predicted octanol–water partition coefficient (Wildman–Crippen LogP) is 5.46. The maximum atomic E-state index is 11.9. The second kappa shape index (κ2) is 9.73. The zero-order valence-corrected chi connectivity index (χ0v) is 20.4. The first-order chi connectivity index (χ1) is 15.4. The van der Waals surface area contributed by atoms with Gasteiger partial charge in [-0.2, -0.15) is 0 Å². The fraction of sp³-hybridized carbons (Fsp3) is 0.462. The van der Waals surface area contributed by atoms with Crippen LogP contribution in [0.4, 0.5) is 9.59 Å². The summed E-state index contributed by atoms with van der Waals surface area (Å²) >= 11 is 0. The van der Waals surface area contributed by atoms with Crippen molar-refractivity contribution in [2.75, 3.05) is 13.1 Å². The molecule has 0 saturated carbocycles. The largest absolute Gasteiger partial charge is 0.444 e. The molecule has 3 rings (SSSR count). The highest BCUT2D eigenvalue weighted by molar-refractivity contribution is 6.07. The van der Waals surface area contributed by atoms with Crippen LogP contribution < -0.4 is 10.6 Å². The van der Waals surface area contributed by atoms with Crippen molar-refractivity contribution in [2.45, 2.75) is 65.6 Å². The first-order valence-corrected chi connectivity index (χ1v) is 11.4. The third-order valence-electron chi connectivity index (χ3n) is 4.89. The molecule has 0 fully saturated rings. The molecule has 0 aliphatic heterocycles. The number of hydrogen-bond acceptors (Lipinski definition) is 4. The lowest BCUT2D eigenvalue weighted by molar-refractivity contribution is 0.0517. The van der Waals surface area contributed by atoms with Crippen molar-refractivity contribution >= 4 is 34.0 Å². The molecule has 1 aromatic heterocycles. The number of benzene rings is 2. The van der Waals surface area contributed by atoms with Gasteiger partial charge in [0.1, 0.15) is 11.2 Å². The van der Waals surface area contributed by atoms with Gasteiger partial charge >= 0.3 is 12.2 Å². The van der Waals surface area contributed by atoms with Gasteiger partial charge < -0.3 is 25.1 Å². The first-order valence-electron chi connectivity index (χ1n) is 11.4. The van der Waals surface area contributed by atoms with Gasteiger partial charge in [-0.1, -0.05) is 12.1 Å². The van der Waals surface area contributed by atoms with Crippen LogP contribution in [0.25, 0.3) is 21.8 Å². The number of H-pyrrole nitrogens is 1. The van der Waals surface area contributed by atoms with Crippen molar-refractivity contribution in [3.05, 3.63) is 47.5 Å². The number of amides is 2. The molecule has 0 atom stereocenters. The molecular formula is C26H35N3O4. The fourth-order valence-electron chi connectivity index (χ4n) is 3.55. The van der Waals surface area contributed by atoms with Crippen LogP contribution in [0.3, 0.4) is 0 Å². The van der Waals surface area contributed by atoms with E-state index in [1.54, 1.807) is 0 Å². The van der Waals surface area contributed by atoms with Crippen LogP contribution in [0, 0.1) is 0 Å². The highest BCUT2D eigenvalue weighted by Gasteiger charge is 2.16. The molecule has 0 saturated heterocycles. The zero-order chi connectivity index (χ0) is 24.2. The van der Waals surface area contributed by atoms with Gasteiger partial charge in [-0.3, -0.25) is 0 Å². The molecule has 2 amide bonds. The quantitative estimate of drug-likeness (QED) is 0.462. The van der Waals surface area contributed by atoms with Crippen molar-refractivity contribution in [3.8, 4) is 0 Å².